The van der Waals surface area contributed by atoms with Crippen LogP contribution in [0.4, 0.5) is 0 Å². The van der Waals surface area contributed by atoms with Gasteiger partial charge in [-0.15, -0.1) is 11.3 Å². The summed E-state index contributed by atoms with van der Waals surface area (Å²) < 4.78 is 1.60. The van der Waals surface area contributed by atoms with Gasteiger partial charge in [-0.1, -0.05) is 20.8 Å². The third kappa shape index (κ3) is 2.40. The van der Waals surface area contributed by atoms with E-state index in [-0.39, 0.29) is 17.0 Å². The molecule has 1 atom stereocenters. The zero-order valence-corrected chi connectivity index (χ0v) is 11.1. The van der Waals surface area contributed by atoms with Gasteiger partial charge in [0.25, 0.3) is 5.56 Å². The van der Waals surface area contributed by atoms with Gasteiger partial charge in [-0.3, -0.25) is 9.36 Å². The van der Waals surface area contributed by atoms with Crippen molar-refractivity contribution < 1.29 is 0 Å². The van der Waals surface area contributed by atoms with Gasteiger partial charge in [-0.25, -0.2) is 4.98 Å². The second-order valence-electron chi connectivity index (χ2n) is 5.31. The second-order valence-corrected chi connectivity index (χ2v) is 6.21. The highest BCUT2D eigenvalue weighted by Gasteiger charge is 2.21. The van der Waals surface area contributed by atoms with Crippen LogP contribution >= 0.6 is 11.3 Å². The van der Waals surface area contributed by atoms with Crippen molar-refractivity contribution in [1.82, 2.24) is 9.55 Å². The first-order valence-corrected chi connectivity index (χ1v) is 6.46. The molecule has 5 heteroatoms. The molecule has 0 aliphatic carbocycles. The van der Waals surface area contributed by atoms with Crippen molar-refractivity contribution in [2.24, 2.45) is 11.1 Å². The molecule has 0 aliphatic heterocycles. The molecule has 2 N–H and O–H groups in total. The van der Waals surface area contributed by atoms with Crippen LogP contribution in [0.25, 0.3) is 10.2 Å². The van der Waals surface area contributed by atoms with E-state index in [1.165, 1.54) is 11.3 Å². The van der Waals surface area contributed by atoms with Gasteiger partial charge in [0.1, 0.15) is 4.83 Å². The molecule has 0 bridgehead atoms. The van der Waals surface area contributed by atoms with Gasteiger partial charge in [0, 0.05) is 12.6 Å². The third-order valence-corrected chi connectivity index (χ3v) is 3.78. The number of hydrogen-bond acceptors (Lipinski definition) is 4. The number of nitrogens with zero attached hydrogens (tertiary/aromatic N) is 2. The molecule has 0 aliphatic rings. The molecular weight excluding hydrogens is 234 g/mol. The van der Waals surface area contributed by atoms with E-state index in [4.69, 9.17) is 5.73 Å². The minimum Gasteiger partial charge on any atom is -0.326 e. The van der Waals surface area contributed by atoms with Crippen molar-refractivity contribution in [2.45, 2.75) is 33.4 Å². The van der Waals surface area contributed by atoms with Crippen LogP contribution < -0.4 is 11.3 Å². The Bertz CT molecular complexity index is 579. The molecular formula is C12H17N3OS. The molecule has 1 unspecified atom stereocenters. The quantitative estimate of drug-likeness (QED) is 0.885. The molecule has 92 valence electrons. The van der Waals surface area contributed by atoms with E-state index in [1.54, 1.807) is 10.9 Å². The third-order valence-electron chi connectivity index (χ3n) is 2.96. The highest BCUT2D eigenvalue weighted by atomic mass is 32.1. The van der Waals surface area contributed by atoms with Gasteiger partial charge in [-0.2, -0.15) is 0 Å². The summed E-state index contributed by atoms with van der Waals surface area (Å²) in [6.07, 6.45) is 1.59. The zero-order chi connectivity index (χ0) is 12.6. The van der Waals surface area contributed by atoms with Crippen molar-refractivity contribution in [3.8, 4) is 0 Å². The van der Waals surface area contributed by atoms with Crippen LogP contribution in [0.2, 0.25) is 0 Å². The van der Waals surface area contributed by atoms with E-state index >= 15 is 0 Å². The van der Waals surface area contributed by atoms with Crippen molar-refractivity contribution in [1.29, 1.82) is 0 Å². The SMILES string of the molecule is CC(C)(C)C(N)Cn1cnc2sccc2c1=O. The summed E-state index contributed by atoms with van der Waals surface area (Å²) in [5, 5.41) is 2.56. The average molecular weight is 251 g/mol. The van der Waals surface area contributed by atoms with E-state index in [1.807, 2.05) is 11.4 Å². The standard InChI is InChI=1S/C12H17N3OS/c1-12(2,3)9(13)6-15-7-14-10-8(11(15)16)4-5-17-10/h4-5,7,9H,6,13H2,1-3H3. The van der Waals surface area contributed by atoms with Gasteiger partial charge in [0.15, 0.2) is 0 Å². The van der Waals surface area contributed by atoms with Crippen molar-refractivity contribution in [2.75, 3.05) is 0 Å². The lowest BCUT2D eigenvalue weighted by Gasteiger charge is -2.27. The molecule has 0 amide bonds. The Kier molecular flexibility index (Phi) is 3.05. The Labute approximate surface area is 104 Å². The number of thiophene rings is 1. The fourth-order valence-corrected chi connectivity index (χ4v) is 2.23. The first-order chi connectivity index (χ1) is 7.89. The van der Waals surface area contributed by atoms with E-state index in [0.29, 0.717) is 11.9 Å². The maximum absolute atomic E-state index is 12.1. The molecule has 0 radical (unpaired) electrons. The van der Waals surface area contributed by atoms with Gasteiger partial charge >= 0.3 is 0 Å². The molecule has 2 heterocycles. The summed E-state index contributed by atoms with van der Waals surface area (Å²) in [6, 6.07) is 1.74. The normalized spacial score (nSPS) is 14.1. The van der Waals surface area contributed by atoms with E-state index in [9.17, 15) is 4.79 Å². The Morgan fingerprint density at radius 1 is 1.53 bits per heavy atom. The Morgan fingerprint density at radius 2 is 2.24 bits per heavy atom. The summed E-state index contributed by atoms with van der Waals surface area (Å²) in [7, 11) is 0. The van der Waals surface area contributed by atoms with Gasteiger partial charge in [0.05, 0.1) is 11.7 Å². The first-order valence-electron chi connectivity index (χ1n) is 5.58. The van der Waals surface area contributed by atoms with Crippen LogP contribution in [0, 0.1) is 5.41 Å². The van der Waals surface area contributed by atoms with Crippen LogP contribution in [0.5, 0.6) is 0 Å². The summed E-state index contributed by atoms with van der Waals surface area (Å²) in [4.78, 5) is 17.2. The fourth-order valence-electron chi connectivity index (χ4n) is 1.51. The molecule has 0 saturated carbocycles. The molecule has 2 aromatic heterocycles. The van der Waals surface area contributed by atoms with Gasteiger partial charge < -0.3 is 5.73 Å². The number of aromatic nitrogens is 2. The topological polar surface area (TPSA) is 60.9 Å². The average Bonchev–Trinajstić information content (AvgIpc) is 2.69. The van der Waals surface area contributed by atoms with Crippen molar-refractivity contribution in [3.05, 3.63) is 28.1 Å². The largest absolute Gasteiger partial charge is 0.326 e. The van der Waals surface area contributed by atoms with E-state index < -0.39 is 0 Å². The van der Waals surface area contributed by atoms with Crippen LogP contribution in [0.3, 0.4) is 0 Å². The number of nitrogens with two attached hydrogens (primary N) is 1. The lowest BCUT2D eigenvalue weighted by molar-refractivity contribution is 0.289. The Morgan fingerprint density at radius 3 is 2.88 bits per heavy atom. The van der Waals surface area contributed by atoms with Gasteiger partial charge in [-0.05, 0) is 16.9 Å². The van der Waals surface area contributed by atoms with Crippen LogP contribution in [0.1, 0.15) is 20.8 Å². The molecule has 0 aromatic carbocycles. The summed E-state index contributed by atoms with van der Waals surface area (Å²) >= 11 is 1.48. The minimum absolute atomic E-state index is 0.00375. The molecule has 2 rings (SSSR count). The summed E-state index contributed by atoms with van der Waals surface area (Å²) in [5.74, 6) is 0. The number of fused-ring (bicyclic) bond motifs is 1. The molecule has 0 fully saturated rings. The molecule has 0 saturated heterocycles. The number of hydrogen-bond donors (Lipinski definition) is 1. The predicted molar refractivity (Wildman–Crippen MR) is 71.3 cm³/mol. The van der Waals surface area contributed by atoms with Crippen molar-refractivity contribution >= 4 is 21.6 Å². The Hall–Kier alpha value is -1.20. The molecule has 0 spiro atoms. The molecule has 4 nitrogen and oxygen atoms in total. The summed E-state index contributed by atoms with van der Waals surface area (Å²) in [6.45, 7) is 6.71. The molecule has 17 heavy (non-hydrogen) atoms. The zero-order valence-electron chi connectivity index (χ0n) is 10.3. The second kappa shape index (κ2) is 4.23. The smallest absolute Gasteiger partial charge is 0.262 e. The van der Waals surface area contributed by atoms with Crippen LogP contribution in [-0.4, -0.2) is 15.6 Å². The highest BCUT2D eigenvalue weighted by molar-refractivity contribution is 7.16. The van der Waals surface area contributed by atoms with Crippen LogP contribution in [0.15, 0.2) is 22.6 Å². The fraction of sp³-hybridized carbons (Fsp3) is 0.500. The first kappa shape index (κ1) is 12.3. The maximum atomic E-state index is 12.1. The maximum Gasteiger partial charge on any atom is 0.262 e. The van der Waals surface area contributed by atoms with E-state index in [2.05, 4.69) is 25.8 Å². The highest BCUT2D eigenvalue weighted by Crippen LogP contribution is 2.19. The minimum atomic E-state index is -0.0712. The number of rotatable bonds is 2. The predicted octanol–water partition coefficient (Wildman–Crippen LogP) is 1.83. The lowest BCUT2D eigenvalue weighted by Crippen LogP contribution is -2.41. The van der Waals surface area contributed by atoms with E-state index in [0.717, 1.165) is 4.83 Å². The van der Waals surface area contributed by atoms with Crippen molar-refractivity contribution in [3.63, 3.8) is 0 Å². The van der Waals surface area contributed by atoms with Crippen LogP contribution in [-0.2, 0) is 6.54 Å². The monoisotopic (exact) mass is 251 g/mol. The molecule has 2 aromatic rings. The summed E-state index contributed by atoms with van der Waals surface area (Å²) in [5.41, 5.74) is 6.06. The van der Waals surface area contributed by atoms with Gasteiger partial charge in [0.2, 0.25) is 0 Å². The lowest BCUT2D eigenvalue weighted by atomic mass is 9.87. The Balaban J connectivity index is 2.37.